The molecule has 17 heavy (non-hydrogen) atoms. The number of rotatable bonds is 3. The summed E-state index contributed by atoms with van der Waals surface area (Å²) in [5.74, 6) is -0.525. The largest absolute Gasteiger partial charge is 0.390 e. The van der Waals surface area contributed by atoms with Gasteiger partial charge in [0.1, 0.15) is 5.82 Å². The van der Waals surface area contributed by atoms with E-state index in [0.29, 0.717) is 12.2 Å². The molecule has 0 saturated carbocycles. The van der Waals surface area contributed by atoms with Gasteiger partial charge in [-0.15, -0.1) is 0 Å². The van der Waals surface area contributed by atoms with Gasteiger partial charge in [-0.2, -0.15) is 0 Å². The molecule has 1 aromatic heterocycles. The minimum atomic E-state index is -0.525. The fraction of sp³-hybridized carbons (Fsp3) is 0.167. The van der Waals surface area contributed by atoms with Gasteiger partial charge in [-0.05, 0) is 11.6 Å². The lowest BCUT2D eigenvalue weighted by Gasteiger charge is -2.06. The fourth-order valence-electron chi connectivity index (χ4n) is 1.56. The van der Waals surface area contributed by atoms with E-state index in [1.807, 2.05) is 0 Å². The predicted octanol–water partition coefficient (Wildman–Crippen LogP) is 2.11. The van der Waals surface area contributed by atoms with E-state index >= 15 is 0 Å². The SMILES string of the molecule is [C-]#[N+]c1ccc(Cn2cncc2CO)cc1F. The minimum absolute atomic E-state index is 0.0155. The van der Waals surface area contributed by atoms with E-state index in [0.717, 1.165) is 5.56 Å². The van der Waals surface area contributed by atoms with Crippen LogP contribution in [-0.4, -0.2) is 14.7 Å². The van der Waals surface area contributed by atoms with Crippen molar-refractivity contribution < 1.29 is 9.50 Å². The summed E-state index contributed by atoms with van der Waals surface area (Å²) in [6.07, 6.45) is 3.14. The lowest BCUT2D eigenvalue weighted by Crippen LogP contribution is -2.03. The molecule has 0 bridgehead atoms. The Kier molecular flexibility index (Phi) is 3.17. The molecule has 0 unspecified atom stereocenters. The summed E-state index contributed by atoms with van der Waals surface area (Å²) in [5, 5.41) is 9.05. The molecule has 0 saturated heterocycles. The van der Waals surface area contributed by atoms with Gasteiger partial charge in [-0.1, -0.05) is 12.1 Å². The van der Waals surface area contributed by atoms with Crippen molar-refractivity contribution in [2.45, 2.75) is 13.2 Å². The highest BCUT2D eigenvalue weighted by molar-refractivity contribution is 5.47. The highest BCUT2D eigenvalue weighted by Gasteiger charge is 2.05. The molecule has 1 aromatic carbocycles. The highest BCUT2D eigenvalue weighted by Crippen LogP contribution is 2.19. The Morgan fingerprint density at radius 3 is 2.94 bits per heavy atom. The van der Waals surface area contributed by atoms with Crippen LogP contribution >= 0.6 is 0 Å². The summed E-state index contributed by atoms with van der Waals surface area (Å²) in [6, 6.07) is 4.47. The van der Waals surface area contributed by atoms with E-state index in [4.69, 9.17) is 11.7 Å². The third-order valence-electron chi connectivity index (χ3n) is 2.45. The monoisotopic (exact) mass is 231 g/mol. The van der Waals surface area contributed by atoms with Crippen LogP contribution in [0.2, 0.25) is 0 Å². The van der Waals surface area contributed by atoms with Gasteiger partial charge in [-0.25, -0.2) is 14.2 Å². The van der Waals surface area contributed by atoms with Crippen LogP contribution in [0.25, 0.3) is 4.85 Å². The summed E-state index contributed by atoms with van der Waals surface area (Å²) in [6.45, 7) is 7.07. The molecule has 0 fully saturated rings. The van der Waals surface area contributed by atoms with Crippen LogP contribution in [0.1, 0.15) is 11.3 Å². The topological polar surface area (TPSA) is 42.4 Å². The molecule has 0 aliphatic heterocycles. The normalized spacial score (nSPS) is 10.2. The van der Waals surface area contributed by atoms with Crippen LogP contribution in [0.3, 0.4) is 0 Å². The minimum Gasteiger partial charge on any atom is -0.390 e. The first-order valence-electron chi connectivity index (χ1n) is 5.00. The second-order valence-electron chi connectivity index (χ2n) is 3.57. The van der Waals surface area contributed by atoms with E-state index in [-0.39, 0.29) is 12.3 Å². The van der Waals surface area contributed by atoms with E-state index in [1.165, 1.54) is 12.1 Å². The fourth-order valence-corrected chi connectivity index (χ4v) is 1.56. The second kappa shape index (κ2) is 4.76. The van der Waals surface area contributed by atoms with Crippen LogP contribution in [0.5, 0.6) is 0 Å². The zero-order chi connectivity index (χ0) is 12.3. The quantitative estimate of drug-likeness (QED) is 0.822. The smallest absolute Gasteiger partial charge is 0.222 e. The maximum absolute atomic E-state index is 13.4. The van der Waals surface area contributed by atoms with Crippen LogP contribution in [-0.2, 0) is 13.2 Å². The first-order chi connectivity index (χ1) is 8.24. The number of hydrogen-bond donors (Lipinski definition) is 1. The maximum atomic E-state index is 13.4. The molecule has 4 nitrogen and oxygen atoms in total. The van der Waals surface area contributed by atoms with Gasteiger partial charge in [0.15, 0.2) is 0 Å². The molecule has 1 heterocycles. The number of aliphatic hydroxyl groups is 1. The van der Waals surface area contributed by atoms with Crippen molar-refractivity contribution in [3.63, 3.8) is 0 Å². The van der Waals surface area contributed by atoms with Crippen LogP contribution in [0, 0.1) is 12.4 Å². The number of nitrogens with zero attached hydrogens (tertiary/aromatic N) is 3. The van der Waals surface area contributed by atoms with Gasteiger partial charge < -0.3 is 9.67 Å². The molecule has 0 aliphatic carbocycles. The molecule has 1 N–H and O–H groups in total. The molecule has 0 spiro atoms. The van der Waals surface area contributed by atoms with Crippen molar-refractivity contribution in [1.29, 1.82) is 0 Å². The van der Waals surface area contributed by atoms with E-state index in [2.05, 4.69) is 9.83 Å². The zero-order valence-electron chi connectivity index (χ0n) is 8.97. The summed E-state index contributed by atoms with van der Waals surface area (Å²) in [7, 11) is 0. The van der Waals surface area contributed by atoms with Gasteiger partial charge in [0.2, 0.25) is 5.69 Å². The Balaban J connectivity index is 2.25. The number of hydrogen-bond acceptors (Lipinski definition) is 2. The molecule has 0 radical (unpaired) electrons. The van der Waals surface area contributed by atoms with Gasteiger partial charge in [0.25, 0.3) is 0 Å². The van der Waals surface area contributed by atoms with Crippen molar-refractivity contribution in [1.82, 2.24) is 9.55 Å². The van der Waals surface area contributed by atoms with Gasteiger partial charge in [-0.3, -0.25) is 0 Å². The predicted molar refractivity (Wildman–Crippen MR) is 59.9 cm³/mol. The molecule has 0 aliphatic rings. The average Bonchev–Trinajstić information content (AvgIpc) is 2.76. The van der Waals surface area contributed by atoms with E-state index in [1.54, 1.807) is 23.2 Å². The average molecular weight is 231 g/mol. The third-order valence-corrected chi connectivity index (χ3v) is 2.45. The third kappa shape index (κ3) is 2.32. The van der Waals surface area contributed by atoms with Gasteiger partial charge >= 0.3 is 0 Å². The number of aromatic nitrogens is 2. The Labute approximate surface area is 97.8 Å². The molecule has 86 valence electrons. The Morgan fingerprint density at radius 1 is 1.47 bits per heavy atom. The lowest BCUT2D eigenvalue weighted by atomic mass is 10.2. The molecule has 2 aromatic rings. The van der Waals surface area contributed by atoms with E-state index in [9.17, 15) is 4.39 Å². The standard InChI is InChI=1S/C12H10FN3O/c1-14-12-3-2-9(4-11(12)13)6-16-8-15-5-10(16)7-17/h2-5,8,17H,6-7H2. The van der Waals surface area contributed by atoms with Crippen LogP contribution in [0.4, 0.5) is 10.1 Å². The van der Waals surface area contributed by atoms with E-state index < -0.39 is 5.82 Å². The zero-order valence-corrected chi connectivity index (χ0v) is 8.97. The summed E-state index contributed by atoms with van der Waals surface area (Å²) >= 11 is 0. The van der Waals surface area contributed by atoms with Crippen LogP contribution < -0.4 is 0 Å². The molecule has 5 heteroatoms. The maximum Gasteiger partial charge on any atom is 0.222 e. The first-order valence-corrected chi connectivity index (χ1v) is 5.00. The molecule has 0 atom stereocenters. The Hall–Kier alpha value is -2.19. The number of imidazole rings is 1. The van der Waals surface area contributed by atoms with Crippen molar-refractivity contribution in [3.8, 4) is 0 Å². The Bertz CT molecular complexity index is 571. The lowest BCUT2D eigenvalue weighted by molar-refractivity contribution is 0.271. The molecule has 0 amide bonds. The highest BCUT2D eigenvalue weighted by atomic mass is 19.1. The number of aliphatic hydroxyl groups excluding tert-OH is 1. The molecular weight excluding hydrogens is 221 g/mol. The second-order valence-corrected chi connectivity index (χ2v) is 3.57. The van der Waals surface area contributed by atoms with Gasteiger partial charge in [0, 0.05) is 6.54 Å². The van der Waals surface area contributed by atoms with Crippen molar-refractivity contribution in [3.05, 3.63) is 59.2 Å². The van der Waals surface area contributed by atoms with Crippen molar-refractivity contribution in [2.75, 3.05) is 0 Å². The van der Waals surface area contributed by atoms with Crippen molar-refractivity contribution in [2.24, 2.45) is 0 Å². The first kappa shape index (κ1) is 11.3. The molecular formula is C12H10FN3O. The summed E-state index contributed by atoms with van der Waals surface area (Å²) < 4.78 is 15.1. The summed E-state index contributed by atoms with van der Waals surface area (Å²) in [4.78, 5) is 6.96. The number of benzene rings is 1. The van der Waals surface area contributed by atoms with Crippen LogP contribution in [0.15, 0.2) is 30.7 Å². The Morgan fingerprint density at radius 2 is 2.29 bits per heavy atom. The number of halogens is 1. The molecule has 2 rings (SSSR count). The van der Waals surface area contributed by atoms with Gasteiger partial charge in [0.05, 0.1) is 31.4 Å². The van der Waals surface area contributed by atoms with Crippen molar-refractivity contribution >= 4 is 5.69 Å². The summed E-state index contributed by atoms with van der Waals surface area (Å²) in [5.41, 5.74) is 1.41.